The number of hydrogen-bond acceptors (Lipinski definition) is 3. The zero-order valence-electron chi connectivity index (χ0n) is 8.53. The first-order valence-corrected chi connectivity index (χ1v) is 4.93. The molecule has 2 unspecified atom stereocenters. The normalized spacial score (nSPS) is 28.8. The summed E-state index contributed by atoms with van der Waals surface area (Å²) in [4.78, 5) is 11.3. The Morgan fingerprint density at radius 2 is 2.00 bits per heavy atom. The van der Waals surface area contributed by atoms with Crippen LogP contribution in [0.1, 0.15) is 32.6 Å². The molecule has 0 aromatic rings. The SMILES string of the molecule is C[C@@H](N)C(=O)NC1CCCCC1N.Cl. The molecular formula is C9H20ClN3O. The fraction of sp³-hybridized carbons (Fsp3) is 0.889. The number of carbonyl (C=O) groups is 1. The van der Waals surface area contributed by atoms with Crippen molar-refractivity contribution >= 4 is 18.3 Å². The van der Waals surface area contributed by atoms with Crippen molar-refractivity contribution in [1.82, 2.24) is 5.32 Å². The maximum atomic E-state index is 11.3. The van der Waals surface area contributed by atoms with E-state index in [-0.39, 0.29) is 30.4 Å². The molecule has 0 aromatic carbocycles. The lowest BCUT2D eigenvalue weighted by Crippen LogP contribution is -2.52. The molecule has 1 saturated carbocycles. The standard InChI is InChI=1S/C9H19N3O.ClH/c1-6(10)9(13)12-8-5-3-2-4-7(8)11;/h6-8H,2-5,10-11H2,1H3,(H,12,13);1H/t6-,7?,8?;/m1./s1. The fourth-order valence-electron chi connectivity index (χ4n) is 1.65. The van der Waals surface area contributed by atoms with Crippen LogP contribution in [-0.2, 0) is 4.79 Å². The first-order valence-electron chi connectivity index (χ1n) is 4.93. The Balaban J connectivity index is 0.00000169. The summed E-state index contributed by atoms with van der Waals surface area (Å²) in [5.74, 6) is -0.0950. The van der Waals surface area contributed by atoms with E-state index in [9.17, 15) is 4.79 Å². The van der Waals surface area contributed by atoms with Crippen molar-refractivity contribution in [3.8, 4) is 0 Å². The van der Waals surface area contributed by atoms with Crippen LogP contribution in [-0.4, -0.2) is 24.0 Å². The highest BCUT2D eigenvalue weighted by Gasteiger charge is 2.23. The lowest BCUT2D eigenvalue weighted by molar-refractivity contribution is -0.123. The Hall–Kier alpha value is -0.320. The van der Waals surface area contributed by atoms with Gasteiger partial charge in [0.2, 0.25) is 5.91 Å². The third kappa shape index (κ3) is 3.82. The van der Waals surface area contributed by atoms with Gasteiger partial charge in [0.1, 0.15) is 0 Å². The Bertz CT molecular complexity index is 187. The monoisotopic (exact) mass is 221 g/mol. The van der Waals surface area contributed by atoms with Crippen molar-refractivity contribution in [1.29, 1.82) is 0 Å². The van der Waals surface area contributed by atoms with Crippen molar-refractivity contribution in [2.75, 3.05) is 0 Å². The molecule has 0 spiro atoms. The molecule has 0 aliphatic heterocycles. The Morgan fingerprint density at radius 1 is 1.43 bits per heavy atom. The largest absolute Gasteiger partial charge is 0.350 e. The number of halogens is 1. The van der Waals surface area contributed by atoms with Gasteiger partial charge in [0, 0.05) is 12.1 Å². The van der Waals surface area contributed by atoms with Crippen LogP contribution in [0.3, 0.4) is 0 Å². The van der Waals surface area contributed by atoms with Gasteiger partial charge in [-0.3, -0.25) is 4.79 Å². The van der Waals surface area contributed by atoms with Gasteiger partial charge in [0.15, 0.2) is 0 Å². The molecule has 5 N–H and O–H groups in total. The second-order valence-corrected chi connectivity index (χ2v) is 3.85. The number of hydrogen-bond donors (Lipinski definition) is 3. The Morgan fingerprint density at radius 3 is 2.50 bits per heavy atom. The quantitative estimate of drug-likeness (QED) is 0.621. The minimum absolute atomic E-state index is 0. The summed E-state index contributed by atoms with van der Waals surface area (Å²) in [6, 6.07) is -0.196. The molecule has 5 heteroatoms. The highest BCUT2D eigenvalue weighted by atomic mass is 35.5. The smallest absolute Gasteiger partial charge is 0.236 e. The van der Waals surface area contributed by atoms with E-state index in [0.29, 0.717) is 0 Å². The van der Waals surface area contributed by atoms with Crippen LogP contribution in [0.2, 0.25) is 0 Å². The molecule has 4 nitrogen and oxygen atoms in total. The Kier molecular flexibility index (Phi) is 6.08. The van der Waals surface area contributed by atoms with Gasteiger partial charge < -0.3 is 16.8 Å². The van der Waals surface area contributed by atoms with Crippen LogP contribution < -0.4 is 16.8 Å². The average molecular weight is 222 g/mol. The van der Waals surface area contributed by atoms with Crippen LogP contribution in [0, 0.1) is 0 Å². The minimum atomic E-state index is -0.436. The molecule has 14 heavy (non-hydrogen) atoms. The van der Waals surface area contributed by atoms with Gasteiger partial charge in [-0.05, 0) is 19.8 Å². The second kappa shape index (κ2) is 6.22. The van der Waals surface area contributed by atoms with Gasteiger partial charge in [-0.2, -0.15) is 0 Å². The molecule has 1 amide bonds. The second-order valence-electron chi connectivity index (χ2n) is 3.85. The molecule has 0 saturated heterocycles. The van der Waals surface area contributed by atoms with Gasteiger partial charge in [-0.15, -0.1) is 12.4 Å². The number of nitrogens with one attached hydrogen (secondary N) is 1. The van der Waals surface area contributed by atoms with Crippen LogP contribution in [0.4, 0.5) is 0 Å². The number of amides is 1. The minimum Gasteiger partial charge on any atom is -0.350 e. The lowest BCUT2D eigenvalue weighted by atomic mass is 9.91. The molecule has 0 aromatic heterocycles. The zero-order valence-corrected chi connectivity index (χ0v) is 9.35. The predicted octanol–water partition coefficient (Wildman–Crippen LogP) is 0.142. The van der Waals surface area contributed by atoms with Gasteiger partial charge in [-0.25, -0.2) is 0 Å². The summed E-state index contributed by atoms with van der Waals surface area (Å²) in [6.07, 6.45) is 4.31. The van der Waals surface area contributed by atoms with Gasteiger partial charge >= 0.3 is 0 Å². The molecule has 1 aliphatic carbocycles. The van der Waals surface area contributed by atoms with Crippen molar-refractivity contribution in [3.63, 3.8) is 0 Å². The summed E-state index contributed by atoms with van der Waals surface area (Å²) in [5, 5.41) is 2.88. The van der Waals surface area contributed by atoms with Gasteiger partial charge in [0.05, 0.1) is 6.04 Å². The van der Waals surface area contributed by atoms with E-state index in [0.717, 1.165) is 19.3 Å². The van der Waals surface area contributed by atoms with Gasteiger partial charge in [0.25, 0.3) is 0 Å². The summed E-state index contributed by atoms with van der Waals surface area (Å²) >= 11 is 0. The fourth-order valence-corrected chi connectivity index (χ4v) is 1.65. The van der Waals surface area contributed by atoms with Crippen molar-refractivity contribution in [2.45, 2.75) is 50.7 Å². The number of nitrogens with two attached hydrogens (primary N) is 2. The van der Waals surface area contributed by atoms with E-state index in [1.165, 1.54) is 6.42 Å². The highest BCUT2D eigenvalue weighted by molar-refractivity contribution is 5.85. The van der Waals surface area contributed by atoms with Crippen LogP contribution in [0.15, 0.2) is 0 Å². The summed E-state index contributed by atoms with van der Waals surface area (Å²) in [5.41, 5.74) is 11.3. The lowest BCUT2D eigenvalue weighted by Gasteiger charge is -2.29. The number of carbonyl (C=O) groups excluding carboxylic acids is 1. The molecule has 84 valence electrons. The molecule has 1 rings (SSSR count). The van der Waals surface area contributed by atoms with E-state index >= 15 is 0 Å². The third-order valence-corrected chi connectivity index (χ3v) is 2.56. The maximum Gasteiger partial charge on any atom is 0.236 e. The van der Waals surface area contributed by atoms with Crippen molar-refractivity contribution in [2.24, 2.45) is 11.5 Å². The van der Waals surface area contributed by atoms with E-state index in [4.69, 9.17) is 11.5 Å². The summed E-state index contributed by atoms with van der Waals surface area (Å²) in [6.45, 7) is 1.68. The zero-order chi connectivity index (χ0) is 9.84. The Labute approximate surface area is 91.2 Å². The molecule has 0 heterocycles. The summed E-state index contributed by atoms with van der Waals surface area (Å²) < 4.78 is 0. The highest BCUT2D eigenvalue weighted by Crippen LogP contribution is 2.16. The molecule has 0 bridgehead atoms. The first kappa shape index (κ1) is 13.7. The van der Waals surface area contributed by atoms with Crippen molar-refractivity contribution < 1.29 is 4.79 Å². The molecular weight excluding hydrogens is 202 g/mol. The maximum absolute atomic E-state index is 11.3. The molecule has 0 radical (unpaired) electrons. The van der Waals surface area contributed by atoms with E-state index in [1.54, 1.807) is 6.92 Å². The first-order chi connectivity index (χ1) is 6.11. The van der Waals surface area contributed by atoms with E-state index in [1.807, 2.05) is 0 Å². The van der Waals surface area contributed by atoms with Crippen LogP contribution in [0.25, 0.3) is 0 Å². The topological polar surface area (TPSA) is 81.1 Å². The van der Waals surface area contributed by atoms with Crippen LogP contribution >= 0.6 is 12.4 Å². The predicted molar refractivity (Wildman–Crippen MR) is 59.3 cm³/mol. The molecule has 3 atom stereocenters. The van der Waals surface area contributed by atoms with Gasteiger partial charge in [-0.1, -0.05) is 12.8 Å². The summed E-state index contributed by atoms with van der Waals surface area (Å²) in [7, 11) is 0. The average Bonchev–Trinajstić information content (AvgIpc) is 2.08. The van der Waals surface area contributed by atoms with Crippen molar-refractivity contribution in [3.05, 3.63) is 0 Å². The van der Waals surface area contributed by atoms with E-state index < -0.39 is 6.04 Å². The third-order valence-electron chi connectivity index (χ3n) is 2.56. The molecule has 1 aliphatic rings. The number of rotatable bonds is 2. The van der Waals surface area contributed by atoms with Crippen LogP contribution in [0.5, 0.6) is 0 Å². The van der Waals surface area contributed by atoms with E-state index in [2.05, 4.69) is 5.32 Å². The molecule has 1 fully saturated rings.